The lowest BCUT2D eigenvalue weighted by atomic mass is 9.81. The Morgan fingerprint density at radius 2 is 2.04 bits per heavy atom. The van der Waals surface area contributed by atoms with Gasteiger partial charge in [-0.2, -0.15) is 0 Å². The molecule has 1 heterocycles. The molecule has 1 amide bonds. The van der Waals surface area contributed by atoms with Gasteiger partial charge in [0, 0.05) is 20.0 Å². The standard InChI is InChI=1S/C20H32N2O4/c1-20(2,3)26-17(23)12-15(11-7-10-14-8-6-9-14)18-21-16(13-25-18)19(24)22(4)5/h13-15H,6-12H2,1-5H3/t15-/m1/s1. The van der Waals surface area contributed by atoms with Crippen LogP contribution in [0.5, 0.6) is 0 Å². The van der Waals surface area contributed by atoms with Crippen LogP contribution in [0.1, 0.15) is 88.0 Å². The zero-order valence-corrected chi connectivity index (χ0v) is 16.7. The molecule has 6 nitrogen and oxygen atoms in total. The largest absolute Gasteiger partial charge is 0.460 e. The lowest BCUT2D eigenvalue weighted by Crippen LogP contribution is -2.25. The Morgan fingerprint density at radius 3 is 2.58 bits per heavy atom. The summed E-state index contributed by atoms with van der Waals surface area (Å²) in [7, 11) is 3.35. The molecule has 1 aliphatic rings. The van der Waals surface area contributed by atoms with Crippen LogP contribution in [-0.4, -0.2) is 41.5 Å². The van der Waals surface area contributed by atoms with Crippen LogP contribution in [0.25, 0.3) is 0 Å². The van der Waals surface area contributed by atoms with E-state index >= 15 is 0 Å². The molecule has 1 aromatic rings. The number of hydrogen-bond acceptors (Lipinski definition) is 5. The molecule has 0 saturated heterocycles. The Kier molecular flexibility index (Phi) is 6.84. The molecule has 1 fully saturated rings. The van der Waals surface area contributed by atoms with Crippen LogP contribution in [0.15, 0.2) is 10.7 Å². The van der Waals surface area contributed by atoms with Crippen molar-refractivity contribution < 1.29 is 18.7 Å². The van der Waals surface area contributed by atoms with E-state index in [0.29, 0.717) is 5.89 Å². The summed E-state index contributed by atoms with van der Waals surface area (Å²) in [6.45, 7) is 5.57. The lowest BCUT2D eigenvalue weighted by Gasteiger charge is -2.26. The van der Waals surface area contributed by atoms with E-state index in [1.165, 1.54) is 36.8 Å². The Balaban J connectivity index is 2.03. The van der Waals surface area contributed by atoms with E-state index < -0.39 is 5.60 Å². The summed E-state index contributed by atoms with van der Waals surface area (Å²) in [6, 6.07) is 0. The predicted molar refractivity (Wildman–Crippen MR) is 98.9 cm³/mol. The number of rotatable bonds is 8. The van der Waals surface area contributed by atoms with Gasteiger partial charge in [-0.1, -0.05) is 32.1 Å². The third-order valence-corrected chi connectivity index (χ3v) is 4.72. The summed E-state index contributed by atoms with van der Waals surface area (Å²) < 4.78 is 11.0. The van der Waals surface area contributed by atoms with E-state index in [1.807, 2.05) is 20.8 Å². The minimum absolute atomic E-state index is 0.159. The number of nitrogens with zero attached hydrogens (tertiary/aromatic N) is 2. The van der Waals surface area contributed by atoms with E-state index in [9.17, 15) is 9.59 Å². The van der Waals surface area contributed by atoms with Crippen LogP contribution < -0.4 is 0 Å². The molecule has 1 aromatic heterocycles. The minimum Gasteiger partial charge on any atom is -0.460 e. The van der Waals surface area contributed by atoms with Gasteiger partial charge in [0.25, 0.3) is 5.91 Å². The van der Waals surface area contributed by atoms with Crippen molar-refractivity contribution >= 4 is 11.9 Å². The molecule has 146 valence electrons. The number of oxazole rings is 1. The lowest BCUT2D eigenvalue weighted by molar-refractivity contribution is -0.155. The smallest absolute Gasteiger partial charge is 0.307 e. The van der Waals surface area contributed by atoms with Crippen LogP contribution in [0, 0.1) is 5.92 Å². The Bertz CT molecular complexity index is 612. The molecule has 0 aliphatic heterocycles. The van der Waals surface area contributed by atoms with Gasteiger partial charge in [0.2, 0.25) is 0 Å². The topological polar surface area (TPSA) is 72.6 Å². The number of hydrogen-bond donors (Lipinski definition) is 0. The second-order valence-corrected chi connectivity index (χ2v) is 8.49. The Hall–Kier alpha value is -1.85. The summed E-state index contributed by atoms with van der Waals surface area (Å²) in [5.74, 6) is 0.659. The van der Waals surface area contributed by atoms with Gasteiger partial charge in [-0.25, -0.2) is 4.98 Å². The molecule has 1 aliphatic carbocycles. The first-order chi connectivity index (χ1) is 12.2. The molecule has 0 N–H and O–H groups in total. The monoisotopic (exact) mass is 364 g/mol. The van der Waals surface area contributed by atoms with Crippen molar-refractivity contribution in [3.05, 3.63) is 17.8 Å². The molecule has 0 bridgehead atoms. The van der Waals surface area contributed by atoms with Crippen molar-refractivity contribution in [1.82, 2.24) is 9.88 Å². The van der Waals surface area contributed by atoms with Gasteiger partial charge < -0.3 is 14.1 Å². The summed E-state index contributed by atoms with van der Waals surface area (Å²) in [6.07, 6.45) is 8.58. The third-order valence-electron chi connectivity index (χ3n) is 4.72. The van der Waals surface area contributed by atoms with E-state index in [4.69, 9.17) is 9.15 Å². The van der Waals surface area contributed by atoms with Crippen molar-refractivity contribution in [2.45, 2.75) is 77.2 Å². The average Bonchev–Trinajstić information content (AvgIpc) is 2.95. The van der Waals surface area contributed by atoms with E-state index in [1.54, 1.807) is 14.1 Å². The third kappa shape index (κ3) is 6.15. The summed E-state index contributed by atoms with van der Waals surface area (Å²) in [5.41, 5.74) is -0.242. The second-order valence-electron chi connectivity index (χ2n) is 8.49. The predicted octanol–water partition coefficient (Wildman–Crippen LogP) is 4.16. The molecule has 26 heavy (non-hydrogen) atoms. The second kappa shape index (κ2) is 8.69. The van der Waals surface area contributed by atoms with Crippen LogP contribution in [0.4, 0.5) is 0 Å². The average molecular weight is 364 g/mol. The van der Waals surface area contributed by atoms with E-state index in [2.05, 4.69) is 4.98 Å². The highest BCUT2D eigenvalue weighted by atomic mass is 16.6. The Morgan fingerprint density at radius 1 is 1.35 bits per heavy atom. The number of carbonyl (C=O) groups excluding carboxylic acids is 2. The van der Waals surface area contributed by atoms with Crippen molar-refractivity contribution in [3.63, 3.8) is 0 Å². The van der Waals surface area contributed by atoms with Gasteiger partial charge in [-0.05, 0) is 33.1 Å². The maximum Gasteiger partial charge on any atom is 0.307 e. The van der Waals surface area contributed by atoms with Crippen molar-refractivity contribution in [2.24, 2.45) is 5.92 Å². The fourth-order valence-electron chi connectivity index (χ4n) is 3.13. The first-order valence-corrected chi connectivity index (χ1v) is 9.54. The molecule has 0 spiro atoms. The SMILES string of the molecule is CN(C)C(=O)c1coc([C@H](CCCC2CCC2)CC(=O)OC(C)(C)C)n1. The van der Waals surface area contributed by atoms with Gasteiger partial charge in [0.1, 0.15) is 11.9 Å². The fraction of sp³-hybridized carbons (Fsp3) is 0.750. The molecule has 2 rings (SSSR count). The van der Waals surface area contributed by atoms with Crippen LogP contribution in [0.2, 0.25) is 0 Å². The highest BCUT2D eigenvalue weighted by Crippen LogP contribution is 2.33. The molecule has 6 heteroatoms. The fourth-order valence-corrected chi connectivity index (χ4v) is 3.13. The van der Waals surface area contributed by atoms with Crippen molar-refractivity contribution in [1.29, 1.82) is 0 Å². The maximum absolute atomic E-state index is 12.3. The van der Waals surface area contributed by atoms with Crippen LogP contribution in [0.3, 0.4) is 0 Å². The quantitative estimate of drug-likeness (QED) is 0.648. The van der Waals surface area contributed by atoms with Gasteiger partial charge in [0.05, 0.1) is 6.42 Å². The van der Waals surface area contributed by atoms with Gasteiger partial charge in [-0.15, -0.1) is 0 Å². The molecular weight excluding hydrogens is 332 g/mol. The highest BCUT2D eigenvalue weighted by molar-refractivity contribution is 5.91. The molecule has 0 aromatic carbocycles. The molecule has 1 saturated carbocycles. The normalized spacial score (nSPS) is 16.0. The van der Waals surface area contributed by atoms with Crippen LogP contribution in [-0.2, 0) is 9.53 Å². The number of aromatic nitrogens is 1. The molecule has 1 atom stereocenters. The summed E-state index contributed by atoms with van der Waals surface area (Å²) in [5, 5.41) is 0. The van der Waals surface area contributed by atoms with E-state index in [-0.39, 0.29) is 29.9 Å². The van der Waals surface area contributed by atoms with Gasteiger partial charge in [0.15, 0.2) is 11.6 Å². The first kappa shape index (κ1) is 20.5. The summed E-state index contributed by atoms with van der Waals surface area (Å²) in [4.78, 5) is 30.1. The van der Waals surface area contributed by atoms with Crippen molar-refractivity contribution in [3.8, 4) is 0 Å². The minimum atomic E-state index is -0.518. The van der Waals surface area contributed by atoms with Gasteiger partial charge in [-0.3, -0.25) is 9.59 Å². The van der Waals surface area contributed by atoms with Crippen molar-refractivity contribution in [2.75, 3.05) is 14.1 Å². The van der Waals surface area contributed by atoms with Gasteiger partial charge >= 0.3 is 5.97 Å². The van der Waals surface area contributed by atoms with E-state index in [0.717, 1.165) is 18.8 Å². The number of amides is 1. The highest BCUT2D eigenvalue weighted by Gasteiger charge is 2.27. The summed E-state index contributed by atoms with van der Waals surface area (Å²) >= 11 is 0. The zero-order valence-electron chi connectivity index (χ0n) is 16.7. The van der Waals surface area contributed by atoms with Crippen LogP contribution >= 0.6 is 0 Å². The molecule has 0 unspecified atom stereocenters. The zero-order chi connectivity index (χ0) is 19.3. The Labute approximate surface area is 156 Å². The maximum atomic E-state index is 12.3. The molecular formula is C20H32N2O4. The number of carbonyl (C=O) groups is 2. The molecule has 0 radical (unpaired) electrons. The first-order valence-electron chi connectivity index (χ1n) is 9.54. The number of ether oxygens (including phenoxy) is 1. The number of esters is 1.